The average Bonchev–Trinajstić information content (AvgIpc) is 2.36. The molecule has 102 valence electrons. The molecule has 0 fully saturated rings. The third kappa shape index (κ3) is 4.87. The summed E-state index contributed by atoms with van der Waals surface area (Å²) in [6, 6.07) is 1.87. The summed E-state index contributed by atoms with van der Waals surface area (Å²) in [6.45, 7) is 9.61. The van der Waals surface area contributed by atoms with Crippen molar-refractivity contribution in [3.8, 4) is 5.88 Å². The summed E-state index contributed by atoms with van der Waals surface area (Å²) in [6.07, 6.45) is 0.981. The predicted octanol–water partition coefficient (Wildman–Crippen LogP) is 1.62. The minimum atomic E-state index is 0.662. The summed E-state index contributed by atoms with van der Waals surface area (Å²) in [4.78, 5) is 10.9. The Labute approximate surface area is 110 Å². The fourth-order valence-corrected chi connectivity index (χ4v) is 1.50. The van der Waals surface area contributed by atoms with Crippen LogP contribution in [0.4, 0.5) is 5.95 Å². The molecule has 0 aliphatic heterocycles. The van der Waals surface area contributed by atoms with Gasteiger partial charge in [0.15, 0.2) is 0 Å². The molecule has 1 heterocycles. The van der Waals surface area contributed by atoms with Gasteiger partial charge in [0, 0.05) is 31.9 Å². The number of aromatic nitrogens is 2. The monoisotopic (exact) mass is 252 g/mol. The maximum Gasteiger partial charge on any atom is 0.228 e. The third-order valence-corrected chi connectivity index (χ3v) is 2.49. The Bertz CT molecular complexity index is 357. The third-order valence-electron chi connectivity index (χ3n) is 2.49. The Morgan fingerprint density at radius 1 is 1.33 bits per heavy atom. The van der Waals surface area contributed by atoms with Gasteiger partial charge < -0.3 is 15.0 Å². The van der Waals surface area contributed by atoms with Crippen LogP contribution >= 0.6 is 0 Å². The lowest BCUT2D eigenvalue weighted by Gasteiger charge is -2.18. The van der Waals surface area contributed by atoms with Gasteiger partial charge in [-0.2, -0.15) is 4.98 Å². The molecule has 0 atom stereocenters. The molecule has 0 aliphatic carbocycles. The van der Waals surface area contributed by atoms with E-state index in [2.05, 4.69) is 29.1 Å². The molecule has 0 amide bonds. The molecule has 0 radical (unpaired) electrons. The molecule has 0 saturated heterocycles. The van der Waals surface area contributed by atoms with Crippen LogP contribution in [0.15, 0.2) is 6.07 Å². The Kier molecular flexibility index (Phi) is 6.43. The molecule has 0 saturated carbocycles. The van der Waals surface area contributed by atoms with Crippen LogP contribution in [0.3, 0.4) is 0 Å². The number of hydrogen-bond acceptors (Lipinski definition) is 5. The van der Waals surface area contributed by atoms with Crippen LogP contribution in [-0.2, 0) is 0 Å². The van der Waals surface area contributed by atoms with Crippen molar-refractivity contribution in [2.75, 3.05) is 38.2 Å². The van der Waals surface area contributed by atoms with E-state index in [1.165, 1.54) is 0 Å². The molecule has 0 spiro atoms. The minimum Gasteiger partial charge on any atom is -0.478 e. The summed E-state index contributed by atoms with van der Waals surface area (Å²) in [5.74, 6) is 1.38. The Morgan fingerprint density at radius 3 is 2.78 bits per heavy atom. The van der Waals surface area contributed by atoms with Crippen molar-refractivity contribution < 1.29 is 4.74 Å². The standard InChI is InChI=1S/C13H24N4O/c1-5-9-18-12-10-11(3)15-13(16-12)17(4)8-7-14-6-2/h10,14H,5-9H2,1-4H3. The lowest BCUT2D eigenvalue weighted by Crippen LogP contribution is -2.30. The molecular weight excluding hydrogens is 228 g/mol. The fraction of sp³-hybridized carbons (Fsp3) is 0.692. The van der Waals surface area contributed by atoms with Gasteiger partial charge in [-0.1, -0.05) is 13.8 Å². The Balaban J connectivity index is 2.65. The van der Waals surface area contributed by atoms with Crippen LogP contribution in [0.25, 0.3) is 0 Å². The van der Waals surface area contributed by atoms with Gasteiger partial charge in [-0.05, 0) is 19.9 Å². The van der Waals surface area contributed by atoms with Gasteiger partial charge in [-0.3, -0.25) is 0 Å². The zero-order chi connectivity index (χ0) is 13.4. The van der Waals surface area contributed by atoms with Crippen molar-refractivity contribution in [1.29, 1.82) is 0 Å². The Morgan fingerprint density at radius 2 is 2.11 bits per heavy atom. The molecule has 5 nitrogen and oxygen atoms in total. The fourth-order valence-electron chi connectivity index (χ4n) is 1.50. The number of likely N-dealkylation sites (N-methyl/N-ethyl adjacent to an activating group) is 2. The summed E-state index contributed by atoms with van der Waals surface area (Å²) >= 11 is 0. The van der Waals surface area contributed by atoms with Crippen LogP contribution in [0.2, 0.25) is 0 Å². The molecule has 0 aliphatic rings. The van der Waals surface area contributed by atoms with Gasteiger partial charge in [0.05, 0.1) is 6.61 Å². The zero-order valence-corrected chi connectivity index (χ0v) is 11.9. The van der Waals surface area contributed by atoms with E-state index < -0.39 is 0 Å². The number of hydrogen-bond donors (Lipinski definition) is 1. The molecule has 0 aromatic carbocycles. The smallest absolute Gasteiger partial charge is 0.228 e. The van der Waals surface area contributed by atoms with E-state index in [1.54, 1.807) is 0 Å². The number of nitrogens with zero attached hydrogens (tertiary/aromatic N) is 3. The quantitative estimate of drug-likeness (QED) is 0.712. The van der Waals surface area contributed by atoms with E-state index in [-0.39, 0.29) is 0 Å². The van der Waals surface area contributed by atoms with Crippen LogP contribution in [-0.4, -0.2) is 43.3 Å². The number of anilines is 1. The van der Waals surface area contributed by atoms with Crippen LogP contribution in [0.5, 0.6) is 5.88 Å². The highest BCUT2D eigenvalue weighted by molar-refractivity contribution is 5.33. The van der Waals surface area contributed by atoms with Crippen LogP contribution < -0.4 is 15.0 Å². The first-order valence-electron chi connectivity index (χ1n) is 6.57. The average molecular weight is 252 g/mol. The van der Waals surface area contributed by atoms with Crippen molar-refractivity contribution in [3.63, 3.8) is 0 Å². The summed E-state index contributed by atoms with van der Waals surface area (Å²) in [5, 5.41) is 3.28. The molecule has 0 unspecified atom stereocenters. The number of aryl methyl sites for hydroxylation is 1. The van der Waals surface area contributed by atoms with Gasteiger partial charge in [-0.15, -0.1) is 0 Å². The second kappa shape index (κ2) is 7.87. The second-order valence-electron chi connectivity index (χ2n) is 4.27. The zero-order valence-electron chi connectivity index (χ0n) is 11.9. The van der Waals surface area contributed by atoms with Gasteiger partial charge in [0.2, 0.25) is 11.8 Å². The van der Waals surface area contributed by atoms with E-state index >= 15 is 0 Å². The predicted molar refractivity (Wildman–Crippen MR) is 74.4 cm³/mol. The lowest BCUT2D eigenvalue weighted by atomic mass is 10.4. The second-order valence-corrected chi connectivity index (χ2v) is 4.27. The van der Waals surface area contributed by atoms with E-state index in [9.17, 15) is 0 Å². The van der Waals surface area contributed by atoms with Crippen molar-refractivity contribution in [2.45, 2.75) is 27.2 Å². The van der Waals surface area contributed by atoms with Crippen LogP contribution in [0, 0.1) is 6.92 Å². The first-order chi connectivity index (χ1) is 8.67. The lowest BCUT2D eigenvalue weighted by molar-refractivity contribution is 0.304. The number of rotatable bonds is 8. The highest BCUT2D eigenvalue weighted by Crippen LogP contribution is 2.14. The molecular formula is C13H24N4O. The van der Waals surface area contributed by atoms with Gasteiger partial charge in [0.25, 0.3) is 0 Å². The van der Waals surface area contributed by atoms with E-state index in [4.69, 9.17) is 4.74 Å². The first kappa shape index (κ1) is 14.7. The van der Waals surface area contributed by atoms with Crippen molar-refractivity contribution >= 4 is 5.95 Å². The topological polar surface area (TPSA) is 50.3 Å². The van der Waals surface area contributed by atoms with Crippen molar-refractivity contribution in [3.05, 3.63) is 11.8 Å². The molecule has 1 rings (SSSR count). The molecule has 1 N–H and O–H groups in total. The maximum atomic E-state index is 5.56. The molecule has 1 aromatic heterocycles. The highest BCUT2D eigenvalue weighted by atomic mass is 16.5. The first-order valence-corrected chi connectivity index (χ1v) is 6.57. The molecule has 1 aromatic rings. The maximum absolute atomic E-state index is 5.56. The molecule has 0 bridgehead atoms. The van der Waals surface area contributed by atoms with Gasteiger partial charge in [-0.25, -0.2) is 4.98 Å². The van der Waals surface area contributed by atoms with Crippen molar-refractivity contribution in [1.82, 2.24) is 15.3 Å². The van der Waals surface area contributed by atoms with Gasteiger partial charge >= 0.3 is 0 Å². The summed E-state index contributed by atoms with van der Waals surface area (Å²) in [5.41, 5.74) is 0.932. The van der Waals surface area contributed by atoms with E-state index in [0.29, 0.717) is 12.5 Å². The van der Waals surface area contributed by atoms with E-state index in [1.807, 2.05) is 24.9 Å². The number of ether oxygens (including phenoxy) is 1. The normalized spacial score (nSPS) is 10.4. The largest absolute Gasteiger partial charge is 0.478 e. The highest BCUT2D eigenvalue weighted by Gasteiger charge is 2.07. The Hall–Kier alpha value is -1.36. The summed E-state index contributed by atoms with van der Waals surface area (Å²) < 4.78 is 5.56. The van der Waals surface area contributed by atoms with E-state index in [0.717, 1.165) is 37.7 Å². The molecule has 18 heavy (non-hydrogen) atoms. The van der Waals surface area contributed by atoms with Crippen molar-refractivity contribution in [2.24, 2.45) is 0 Å². The van der Waals surface area contributed by atoms with Gasteiger partial charge in [0.1, 0.15) is 0 Å². The number of nitrogens with one attached hydrogen (secondary N) is 1. The van der Waals surface area contributed by atoms with Crippen LogP contribution in [0.1, 0.15) is 26.0 Å². The molecule has 5 heteroatoms. The minimum absolute atomic E-state index is 0.662. The summed E-state index contributed by atoms with van der Waals surface area (Å²) in [7, 11) is 2.00. The SMILES string of the molecule is CCCOc1cc(C)nc(N(C)CCNCC)n1.